The first-order valence-corrected chi connectivity index (χ1v) is 9.50. The Labute approximate surface area is 157 Å². The second-order valence-electron chi connectivity index (χ2n) is 7.35. The topological polar surface area (TPSA) is 54.3 Å². The molecule has 0 aliphatic rings. The van der Waals surface area contributed by atoms with E-state index < -0.39 is 0 Å². The summed E-state index contributed by atoms with van der Waals surface area (Å²) in [6.07, 6.45) is 5.21. The molecule has 0 radical (unpaired) electrons. The molecule has 2 rings (SSSR count). The van der Waals surface area contributed by atoms with E-state index in [1.54, 1.807) is 0 Å². The molecule has 142 valence electrons. The van der Waals surface area contributed by atoms with Crippen molar-refractivity contribution < 1.29 is 9.90 Å². The molecule has 4 nitrogen and oxygen atoms in total. The number of ketones is 1. The Bertz CT molecular complexity index is 687. The van der Waals surface area contributed by atoms with Crippen LogP contribution >= 0.6 is 0 Å². The number of aryl methyl sites for hydroxylation is 2. The van der Waals surface area contributed by atoms with Crippen LogP contribution < -0.4 is 5.32 Å². The summed E-state index contributed by atoms with van der Waals surface area (Å²) < 4.78 is 2.01. The van der Waals surface area contributed by atoms with Crippen LogP contribution in [-0.2, 0) is 19.9 Å². The number of nitrogens with zero attached hydrogens (tertiary/aromatic N) is 1. The van der Waals surface area contributed by atoms with Gasteiger partial charge in [0.25, 0.3) is 0 Å². The van der Waals surface area contributed by atoms with Crippen molar-refractivity contribution in [3.63, 3.8) is 0 Å². The minimum Gasteiger partial charge on any atom is -0.394 e. The third-order valence-electron chi connectivity index (χ3n) is 5.36. The highest BCUT2D eigenvalue weighted by molar-refractivity contribution is 5.94. The lowest BCUT2D eigenvalue weighted by Crippen LogP contribution is -2.43. The zero-order valence-electron chi connectivity index (χ0n) is 16.3. The summed E-state index contributed by atoms with van der Waals surface area (Å²) in [4.78, 5) is 12.5. The normalized spacial score (nSPS) is 13.5. The number of carbonyl (C=O) groups excluding carboxylic acids is 1. The minimum atomic E-state index is -0.286. The van der Waals surface area contributed by atoms with E-state index in [1.807, 2.05) is 43.8 Å². The van der Waals surface area contributed by atoms with Gasteiger partial charge in [-0.15, -0.1) is 0 Å². The fourth-order valence-corrected chi connectivity index (χ4v) is 3.16. The van der Waals surface area contributed by atoms with Crippen LogP contribution in [0.5, 0.6) is 0 Å². The molecule has 0 saturated carbocycles. The molecule has 0 spiro atoms. The summed E-state index contributed by atoms with van der Waals surface area (Å²) in [5.74, 6) is 0.213. The Hall–Kier alpha value is -1.91. The zero-order chi connectivity index (χ0) is 19.0. The number of unbranched alkanes of at least 4 members (excludes halogenated alkanes) is 1. The van der Waals surface area contributed by atoms with Gasteiger partial charge < -0.3 is 15.0 Å². The second-order valence-corrected chi connectivity index (χ2v) is 7.35. The van der Waals surface area contributed by atoms with E-state index >= 15 is 0 Å². The summed E-state index contributed by atoms with van der Waals surface area (Å²) in [6, 6.07) is 14.4. The third-order valence-corrected chi connectivity index (χ3v) is 5.36. The molecule has 0 saturated heterocycles. The number of benzene rings is 1. The van der Waals surface area contributed by atoms with E-state index in [9.17, 15) is 9.90 Å². The number of nitrogens with one attached hydrogen (secondary N) is 1. The molecule has 2 aromatic rings. The van der Waals surface area contributed by atoms with E-state index in [4.69, 9.17) is 0 Å². The number of likely N-dealkylation sites (N-methyl/N-ethyl adjacent to an activating group) is 1. The van der Waals surface area contributed by atoms with Crippen LogP contribution in [0.4, 0.5) is 0 Å². The average Bonchev–Trinajstić information content (AvgIpc) is 3.04. The first-order valence-electron chi connectivity index (χ1n) is 9.50. The Morgan fingerprint density at radius 1 is 1.12 bits per heavy atom. The smallest absolute Gasteiger partial charge is 0.179 e. The van der Waals surface area contributed by atoms with Crippen molar-refractivity contribution in [1.29, 1.82) is 0 Å². The predicted octanol–water partition coefficient (Wildman–Crippen LogP) is 3.52. The van der Waals surface area contributed by atoms with Crippen LogP contribution in [0.2, 0.25) is 0 Å². The van der Waals surface area contributed by atoms with Crippen LogP contribution in [0.25, 0.3) is 0 Å². The quantitative estimate of drug-likeness (QED) is 0.478. The molecule has 4 heteroatoms. The van der Waals surface area contributed by atoms with Gasteiger partial charge in [0.1, 0.15) is 0 Å². The van der Waals surface area contributed by atoms with Crippen molar-refractivity contribution in [1.82, 2.24) is 9.88 Å². The standard InChI is InChI=1S/C22H32N2O2/c1-22(17-25,23-2)16-15-19-13-14-20(24(19)3)21(26)12-8-7-11-18-9-5-4-6-10-18/h4-6,9-10,13-14,23,25H,7-8,11-12,15-17H2,1-3H3. The van der Waals surface area contributed by atoms with E-state index in [2.05, 4.69) is 29.6 Å². The van der Waals surface area contributed by atoms with Gasteiger partial charge in [-0.1, -0.05) is 30.3 Å². The molecule has 0 bridgehead atoms. The molecular formula is C22H32N2O2. The first kappa shape index (κ1) is 20.4. The number of Topliss-reactive ketones (excluding diaryl/α,β-unsaturated/α-hetero) is 1. The van der Waals surface area contributed by atoms with E-state index in [0.717, 1.165) is 43.5 Å². The third kappa shape index (κ3) is 5.55. The zero-order valence-corrected chi connectivity index (χ0v) is 16.3. The molecule has 1 atom stereocenters. The van der Waals surface area contributed by atoms with E-state index in [0.29, 0.717) is 6.42 Å². The maximum absolute atomic E-state index is 12.5. The molecule has 1 unspecified atom stereocenters. The fraction of sp³-hybridized carbons (Fsp3) is 0.500. The van der Waals surface area contributed by atoms with Crippen LogP contribution in [-0.4, -0.2) is 34.7 Å². The number of rotatable bonds is 11. The summed E-state index contributed by atoms with van der Waals surface area (Å²) in [5.41, 5.74) is 2.96. The maximum atomic E-state index is 12.5. The summed E-state index contributed by atoms with van der Waals surface area (Å²) in [5, 5.41) is 12.7. The molecule has 0 aliphatic heterocycles. The fourth-order valence-electron chi connectivity index (χ4n) is 3.16. The highest BCUT2D eigenvalue weighted by Crippen LogP contribution is 2.17. The molecule has 0 aliphatic carbocycles. The first-order chi connectivity index (χ1) is 12.5. The summed E-state index contributed by atoms with van der Waals surface area (Å²) in [7, 11) is 3.83. The number of carbonyl (C=O) groups is 1. The predicted molar refractivity (Wildman–Crippen MR) is 107 cm³/mol. The summed E-state index contributed by atoms with van der Waals surface area (Å²) >= 11 is 0. The SMILES string of the molecule is CNC(C)(CO)CCc1ccc(C(=O)CCCCc2ccccc2)n1C. The van der Waals surface area contributed by atoms with Crippen LogP contribution in [0.15, 0.2) is 42.5 Å². The van der Waals surface area contributed by atoms with Crippen LogP contribution in [0, 0.1) is 0 Å². The Morgan fingerprint density at radius 3 is 2.50 bits per heavy atom. The monoisotopic (exact) mass is 356 g/mol. The number of aliphatic hydroxyl groups excluding tert-OH is 1. The van der Waals surface area contributed by atoms with E-state index in [1.165, 1.54) is 5.56 Å². The average molecular weight is 357 g/mol. The lowest BCUT2D eigenvalue weighted by Gasteiger charge is -2.26. The van der Waals surface area contributed by atoms with Crippen LogP contribution in [0.3, 0.4) is 0 Å². The Kier molecular flexibility index (Phi) is 7.61. The number of aliphatic hydroxyl groups is 1. The second kappa shape index (κ2) is 9.70. The maximum Gasteiger partial charge on any atom is 0.179 e. The molecule has 1 heterocycles. The van der Waals surface area contributed by atoms with Crippen molar-refractivity contribution in [2.75, 3.05) is 13.7 Å². The van der Waals surface area contributed by atoms with Crippen molar-refractivity contribution >= 4 is 5.78 Å². The number of hydrogen-bond donors (Lipinski definition) is 2. The lowest BCUT2D eigenvalue weighted by atomic mass is 9.96. The van der Waals surface area contributed by atoms with Gasteiger partial charge in [0.15, 0.2) is 5.78 Å². The number of aromatic nitrogens is 1. The molecule has 0 amide bonds. The largest absolute Gasteiger partial charge is 0.394 e. The molecule has 1 aromatic heterocycles. The van der Waals surface area contributed by atoms with Gasteiger partial charge in [0, 0.05) is 24.7 Å². The van der Waals surface area contributed by atoms with Crippen molar-refractivity contribution in [3.05, 3.63) is 59.4 Å². The van der Waals surface area contributed by atoms with E-state index in [-0.39, 0.29) is 17.9 Å². The molecule has 26 heavy (non-hydrogen) atoms. The lowest BCUT2D eigenvalue weighted by molar-refractivity contribution is 0.0971. The van der Waals surface area contributed by atoms with Crippen molar-refractivity contribution in [2.24, 2.45) is 7.05 Å². The highest BCUT2D eigenvalue weighted by atomic mass is 16.3. The summed E-state index contributed by atoms with van der Waals surface area (Å²) in [6.45, 7) is 2.11. The molecule has 0 fully saturated rings. The number of hydrogen-bond acceptors (Lipinski definition) is 3. The molecule has 2 N–H and O–H groups in total. The van der Waals surface area contributed by atoms with Crippen molar-refractivity contribution in [2.45, 2.75) is 51.0 Å². The van der Waals surface area contributed by atoms with Gasteiger partial charge in [0.2, 0.25) is 0 Å². The molecule has 1 aromatic carbocycles. The Balaban J connectivity index is 1.83. The minimum absolute atomic E-state index is 0.0983. The Morgan fingerprint density at radius 2 is 1.85 bits per heavy atom. The highest BCUT2D eigenvalue weighted by Gasteiger charge is 2.21. The molecular weight excluding hydrogens is 324 g/mol. The van der Waals surface area contributed by atoms with Gasteiger partial charge in [0.05, 0.1) is 12.3 Å². The van der Waals surface area contributed by atoms with Gasteiger partial charge in [-0.25, -0.2) is 0 Å². The van der Waals surface area contributed by atoms with Crippen molar-refractivity contribution in [3.8, 4) is 0 Å². The van der Waals surface area contributed by atoms with Gasteiger partial charge in [-0.2, -0.15) is 0 Å². The van der Waals surface area contributed by atoms with Crippen LogP contribution in [0.1, 0.15) is 54.4 Å². The van der Waals surface area contributed by atoms with Gasteiger partial charge in [-0.3, -0.25) is 4.79 Å². The van der Waals surface area contributed by atoms with Gasteiger partial charge >= 0.3 is 0 Å². The van der Waals surface area contributed by atoms with Gasteiger partial charge in [-0.05, 0) is 63.8 Å².